The number of hydrogen-bond donors (Lipinski definition) is 0. The van der Waals surface area contributed by atoms with Crippen LogP contribution in [0.1, 0.15) is 13.8 Å². The molecule has 2 aromatic rings. The molecule has 0 amide bonds. The Morgan fingerprint density at radius 3 is 1.32 bits per heavy atom. The van der Waals surface area contributed by atoms with Gasteiger partial charge in [-0.3, -0.25) is 9.59 Å². The minimum Gasteiger partial charge on any atom is -0.406 e. The van der Waals surface area contributed by atoms with Gasteiger partial charge in [0, 0.05) is 26.4 Å². The van der Waals surface area contributed by atoms with Crippen LogP contribution in [0.2, 0.25) is 0 Å². The molecule has 160 valence electrons. The van der Waals surface area contributed by atoms with E-state index in [1.165, 1.54) is 0 Å². The highest BCUT2D eigenvalue weighted by Gasteiger charge is 2.48. The zero-order valence-corrected chi connectivity index (χ0v) is 17.6. The largest absolute Gasteiger partial charge is 0.493 e. The zero-order chi connectivity index (χ0) is 21.9. The van der Waals surface area contributed by atoms with E-state index in [1.54, 1.807) is 13.8 Å². The van der Waals surface area contributed by atoms with Gasteiger partial charge in [-0.2, -0.15) is 0 Å². The van der Waals surface area contributed by atoms with Gasteiger partial charge in [0.2, 0.25) is 0 Å². The average Bonchev–Trinajstić information content (AvgIpc) is 2.81. The number of benzene rings is 2. The van der Waals surface area contributed by atoms with Crippen molar-refractivity contribution in [3.63, 3.8) is 0 Å². The van der Waals surface area contributed by atoms with Gasteiger partial charge in [0.05, 0.1) is 0 Å². The first-order valence-corrected chi connectivity index (χ1v) is 10.2. The van der Waals surface area contributed by atoms with Crippen LogP contribution >= 0.6 is 0 Å². The normalized spacial score (nSPS) is 20.2. The summed E-state index contributed by atoms with van der Waals surface area (Å²) in [5, 5.41) is 0. The lowest BCUT2D eigenvalue weighted by atomic mass is 9.75. The van der Waals surface area contributed by atoms with Crippen molar-refractivity contribution < 1.29 is 32.9 Å². The molecular formula is C22H24B2O7. The highest BCUT2D eigenvalue weighted by molar-refractivity contribution is 6.61. The molecule has 0 saturated carbocycles. The summed E-state index contributed by atoms with van der Waals surface area (Å²) in [7, 11) is -1.10. The molecule has 31 heavy (non-hydrogen) atoms. The molecule has 0 spiro atoms. The SMILES string of the molecule is CC1(C(=O)OC(=O)C2(C)COB(c3ccccc3)OC2)COB(c2ccccc2)OC1. The molecule has 7 nitrogen and oxygen atoms in total. The maximum absolute atomic E-state index is 12.8. The molecular weight excluding hydrogens is 398 g/mol. The van der Waals surface area contributed by atoms with Crippen molar-refractivity contribution in [1.82, 2.24) is 0 Å². The lowest BCUT2D eigenvalue weighted by Crippen LogP contribution is -2.55. The molecule has 2 fully saturated rings. The lowest BCUT2D eigenvalue weighted by molar-refractivity contribution is -0.180. The van der Waals surface area contributed by atoms with Crippen molar-refractivity contribution in [2.24, 2.45) is 10.8 Å². The predicted molar refractivity (Wildman–Crippen MR) is 115 cm³/mol. The summed E-state index contributed by atoms with van der Waals surface area (Å²) < 4.78 is 28.1. The van der Waals surface area contributed by atoms with Crippen molar-refractivity contribution in [3.05, 3.63) is 60.7 Å². The topological polar surface area (TPSA) is 80.3 Å². The van der Waals surface area contributed by atoms with Crippen LogP contribution in [0.15, 0.2) is 60.7 Å². The van der Waals surface area contributed by atoms with Crippen molar-refractivity contribution in [2.45, 2.75) is 13.8 Å². The second-order valence-electron chi connectivity index (χ2n) is 8.53. The van der Waals surface area contributed by atoms with Crippen molar-refractivity contribution >= 4 is 37.1 Å². The molecule has 0 unspecified atom stereocenters. The summed E-state index contributed by atoms with van der Waals surface area (Å²) in [5.74, 6) is -1.37. The maximum Gasteiger partial charge on any atom is 0.493 e. The Kier molecular flexibility index (Phi) is 6.29. The fourth-order valence-electron chi connectivity index (χ4n) is 3.39. The Balaban J connectivity index is 1.31. The number of rotatable bonds is 4. The van der Waals surface area contributed by atoms with Crippen molar-refractivity contribution in [3.8, 4) is 0 Å². The van der Waals surface area contributed by atoms with Crippen LogP contribution in [-0.2, 0) is 32.9 Å². The molecule has 2 aliphatic heterocycles. The highest BCUT2D eigenvalue weighted by atomic mass is 16.6. The summed E-state index contributed by atoms with van der Waals surface area (Å²) in [6.07, 6.45) is 0. The summed E-state index contributed by atoms with van der Waals surface area (Å²) >= 11 is 0. The standard InChI is InChI=1S/C22H24B2O7/c1-21(13-27-23(28-14-21)17-9-5-3-6-10-17)19(25)31-20(26)22(2)15-29-24(30-16-22)18-11-7-4-8-12-18/h3-12H,13-16H2,1-2H3. The molecule has 0 atom stereocenters. The number of carbonyl (C=O) groups excluding carboxylic acids is 2. The number of ether oxygens (including phenoxy) is 1. The molecule has 0 aliphatic carbocycles. The Morgan fingerprint density at radius 2 is 1.00 bits per heavy atom. The summed E-state index contributed by atoms with van der Waals surface area (Å²) in [6, 6.07) is 18.9. The van der Waals surface area contributed by atoms with E-state index in [0.717, 1.165) is 10.9 Å². The molecule has 0 bridgehead atoms. The van der Waals surface area contributed by atoms with E-state index < -0.39 is 37.0 Å². The van der Waals surface area contributed by atoms with Gasteiger partial charge in [-0.15, -0.1) is 0 Å². The van der Waals surface area contributed by atoms with Gasteiger partial charge in [-0.25, -0.2) is 0 Å². The smallest absolute Gasteiger partial charge is 0.406 e. The monoisotopic (exact) mass is 422 g/mol. The summed E-state index contributed by atoms with van der Waals surface area (Å²) in [6.45, 7) is 3.64. The van der Waals surface area contributed by atoms with Crippen LogP contribution in [0.4, 0.5) is 0 Å². The minimum absolute atomic E-state index is 0.0818. The van der Waals surface area contributed by atoms with E-state index in [4.69, 9.17) is 23.4 Å². The fourth-order valence-corrected chi connectivity index (χ4v) is 3.39. The Bertz CT molecular complexity index is 830. The Hall–Kier alpha value is -2.45. The average molecular weight is 422 g/mol. The van der Waals surface area contributed by atoms with Gasteiger partial charge < -0.3 is 23.4 Å². The van der Waals surface area contributed by atoms with Crippen molar-refractivity contribution in [2.75, 3.05) is 26.4 Å². The number of carbonyl (C=O) groups is 2. The van der Waals surface area contributed by atoms with Crippen LogP contribution < -0.4 is 10.9 Å². The van der Waals surface area contributed by atoms with Gasteiger partial charge in [0.15, 0.2) is 0 Å². The fraction of sp³-hybridized carbons (Fsp3) is 0.364. The van der Waals surface area contributed by atoms with E-state index in [9.17, 15) is 9.59 Å². The van der Waals surface area contributed by atoms with Crippen LogP contribution in [0.5, 0.6) is 0 Å². The zero-order valence-electron chi connectivity index (χ0n) is 17.6. The highest BCUT2D eigenvalue weighted by Crippen LogP contribution is 2.29. The molecule has 2 aliphatic rings. The third kappa shape index (κ3) is 4.75. The summed E-state index contributed by atoms with van der Waals surface area (Å²) in [5.41, 5.74) is -0.433. The van der Waals surface area contributed by atoms with Crippen LogP contribution in [0.25, 0.3) is 0 Å². The molecule has 0 radical (unpaired) electrons. The predicted octanol–water partition coefficient (Wildman–Crippen LogP) is 0.953. The van der Waals surface area contributed by atoms with Gasteiger partial charge in [-0.05, 0) is 24.8 Å². The molecule has 9 heteroatoms. The maximum atomic E-state index is 12.8. The van der Waals surface area contributed by atoms with E-state index >= 15 is 0 Å². The quantitative estimate of drug-likeness (QED) is 0.413. The van der Waals surface area contributed by atoms with E-state index in [2.05, 4.69) is 0 Å². The summed E-state index contributed by atoms with van der Waals surface area (Å²) in [4.78, 5) is 25.5. The van der Waals surface area contributed by atoms with E-state index in [1.807, 2.05) is 60.7 Å². The first-order chi connectivity index (χ1) is 14.9. The second-order valence-corrected chi connectivity index (χ2v) is 8.53. The van der Waals surface area contributed by atoms with Crippen LogP contribution in [0, 0.1) is 10.8 Å². The Morgan fingerprint density at radius 1 is 0.677 bits per heavy atom. The first kappa shape index (κ1) is 21.8. The van der Waals surface area contributed by atoms with Gasteiger partial charge in [0.25, 0.3) is 0 Å². The van der Waals surface area contributed by atoms with E-state index in [0.29, 0.717) is 0 Å². The Labute approximate surface area is 182 Å². The van der Waals surface area contributed by atoms with Gasteiger partial charge >= 0.3 is 26.2 Å². The van der Waals surface area contributed by atoms with Crippen LogP contribution in [-0.4, -0.2) is 52.6 Å². The molecule has 0 aromatic heterocycles. The molecule has 2 aromatic carbocycles. The third-order valence-electron chi connectivity index (χ3n) is 5.53. The molecule has 2 heterocycles. The molecule has 0 N–H and O–H groups in total. The third-order valence-corrected chi connectivity index (χ3v) is 5.53. The van der Waals surface area contributed by atoms with E-state index in [-0.39, 0.29) is 26.4 Å². The molecule has 4 rings (SSSR count). The number of hydrogen-bond acceptors (Lipinski definition) is 7. The molecule has 2 saturated heterocycles. The minimum atomic E-state index is -1.08. The lowest BCUT2D eigenvalue weighted by Gasteiger charge is -2.36. The van der Waals surface area contributed by atoms with Crippen molar-refractivity contribution in [1.29, 1.82) is 0 Å². The van der Waals surface area contributed by atoms with Gasteiger partial charge in [-0.1, -0.05) is 60.7 Å². The second kappa shape index (κ2) is 8.96. The van der Waals surface area contributed by atoms with Crippen LogP contribution in [0.3, 0.4) is 0 Å². The number of esters is 2. The first-order valence-electron chi connectivity index (χ1n) is 10.2. The van der Waals surface area contributed by atoms with Gasteiger partial charge in [0.1, 0.15) is 10.8 Å².